The minimum atomic E-state index is -0.978. The second kappa shape index (κ2) is 12.2. The zero-order valence-corrected chi connectivity index (χ0v) is 24.8. The van der Waals surface area contributed by atoms with Crippen LogP contribution in [0.1, 0.15) is 66.8 Å². The number of nitrogens with zero attached hydrogens (tertiary/aromatic N) is 1. The van der Waals surface area contributed by atoms with Crippen LogP contribution in [0.3, 0.4) is 0 Å². The summed E-state index contributed by atoms with van der Waals surface area (Å²) in [5.74, 6) is -1.72. The first kappa shape index (κ1) is 29.0. The van der Waals surface area contributed by atoms with Gasteiger partial charge in [-0.15, -0.1) is 0 Å². The van der Waals surface area contributed by atoms with Crippen molar-refractivity contribution in [1.29, 1.82) is 0 Å². The summed E-state index contributed by atoms with van der Waals surface area (Å²) in [5.41, 5.74) is 1.57. The van der Waals surface area contributed by atoms with Gasteiger partial charge in [-0.3, -0.25) is 14.6 Å². The number of carboxylic acid groups (broad SMARTS) is 1. The van der Waals surface area contributed by atoms with Crippen molar-refractivity contribution in [3.8, 4) is 0 Å². The van der Waals surface area contributed by atoms with E-state index in [1.807, 2.05) is 12.1 Å². The number of Topliss-reactive ketones (excluding diaryl/α,β-unsaturated/α-hetero) is 1. The fraction of sp³-hybridized carbons (Fsp3) is 0.448. The minimum absolute atomic E-state index is 0.0506. The third-order valence-corrected chi connectivity index (χ3v) is 9.70. The summed E-state index contributed by atoms with van der Waals surface area (Å²) in [6.45, 7) is 1.12. The standard InChI is InChI=1S/C29H30BrCl2N3O5/c30-23-25(29(26(23)36)10-2-1-3-11-29)35-24(28(38)39)21(17-8-12-40-13-9-17)16-4-6-18(7-5-16)34-27(37)22-19(31)14-33-15-20(22)32/h4-7,14-15,17,21,24,35H,1-3,8-13H2,(H,34,37)(H,38,39)/t21?,24-/m0/s1. The molecule has 3 aliphatic rings. The predicted octanol–water partition coefficient (Wildman–Crippen LogP) is 6.33. The van der Waals surface area contributed by atoms with Crippen LogP contribution < -0.4 is 10.6 Å². The molecule has 212 valence electrons. The molecule has 5 rings (SSSR count). The molecule has 2 aromatic rings. The van der Waals surface area contributed by atoms with Gasteiger partial charge in [0.1, 0.15) is 6.04 Å². The Morgan fingerprint density at radius 1 is 1.05 bits per heavy atom. The monoisotopic (exact) mass is 649 g/mol. The Bertz CT molecular complexity index is 1320. The summed E-state index contributed by atoms with van der Waals surface area (Å²) >= 11 is 15.7. The molecule has 11 heteroatoms. The van der Waals surface area contributed by atoms with Crippen LogP contribution in [0.15, 0.2) is 46.8 Å². The normalized spacial score (nSPS) is 20.5. The Morgan fingerprint density at radius 2 is 1.68 bits per heavy atom. The van der Waals surface area contributed by atoms with Gasteiger partial charge >= 0.3 is 5.97 Å². The van der Waals surface area contributed by atoms with Crippen molar-refractivity contribution in [3.05, 3.63) is 68.0 Å². The Morgan fingerprint density at radius 3 is 2.27 bits per heavy atom. The van der Waals surface area contributed by atoms with Gasteiger partial charge in [0, 0.05) is 42.9 Å². The van der Waals surface area contributed by atoms with Gasteiger partial charge < -0.3 is 20.5 Å². The molecule has 0 bridgehead atoms. The second-order valence-electron chi connectivity index (χ2n) is 10.7. The molecule has 2 fully saturated rings. The summed E-state index contributed by atoms with van der Waals surface area (Å²) in [7, 11) is 0. The molecule has 8 nitrogen and oxygen atoms in total. The van der Waals surface area contributed by atoms with E-state index in [9.17, 15) is 19.5 Å². The van der Waals surface area contributed by atoms with E-state index in [4.69, 9.17) is 27.9 Å². The fourth-order valence-corrected chi connectivity index (χ4v) is 7.71. The van der Waals surface area contributed by atoms with Gasteiger partial charge in [0.2, 0.25) is 0 Å². The number of aromatic nitrogens is 1. The quantitative estimate of drug-likeness (QED) is 0.305. The number of hydrogen-bond donors (Lipinski definition) is 3. The van der Waals surface area contributed by atoms with Crippen LogP contribution in [0.25, 0.3) is 0 Å². The molecule has 1 saturated heterocycles. The smallest absolute Gasteiger partial charge is 0.326 e. The number of ether oxygens (including phenoxy) is 1. The van der Waals surface area contributed by atoms with E-state index in [1.54, 1.807) is 12.1 Å². The highest BCUT2D eigenvalue weighted by Gasteiger charge is 2.54. The lowest BCUT2D eigenvalue weighted by atomic mass is 9.62. The van der Waals surface area contributed by atoms with Crippen molar-refractivity contribution in [2.75, 3.05) is 18.5 Å². The fourth-order valence-electron chi connectivity index (χ4n) is 6.30. The molecule has 1 aromatic carbocycles. The van der Waals surface area contributed by atoms with Crippen molar-refractivity contribution in [2.45, 2.75) is 56.9 Å². The van der Waals surface area contributed by atoms with Gasteiger partial charge in [-0.2, -0.15) is 0 Å². The number of carbonyl (C=O) groups excluding carboxylic acids is 2. The molecule has 2 heterocycles. The number of rotatable bonds is 8. The minimum Gasteiger partial charge on any atom is -0.480 e. The molecular formula is C29H30BrCl2N3O5. The highest BCUT2D eigenvalue weighted by Crippen LogP contribution is 2.54. The van der Waals surface area contributed by atoms with Gasteiger partial charge in [0.15, 0.2) is 5.78 Å². The molecule has 0 radical (unpaired) electrons. The molecule has 40 heavy (non-hydrogen) atoms. The Kier molecular flexibility index (Phi) is 8.85. The average molecular weight is 651 g/mol. The molecule has 1 spiro atoms. The van der Waals surface area contributed by atoms with Crippen molar-refractivity contribution in [3.63, 3.8) is 0 Å². The second-order valence-corrected chi connectivity index (χ2v) is 12.3. The Labute approximate surface area is 251 Å². The molecular weight excluding hydrogens is 621 g/mol. The Balaban J connectivity index is 1.43. The number of carbonyl (C=O) groups is 3. The number of hydrogen-bond acceptors (Lipinski definition) is 6. The molecule has 1 aliphatic heterocycles. The lowest BCUT2D eigenvalue weighted by Crippen LogP contribution is -2.55. The van der Waals surface area contributed by atoms with Gasteiger partial charge in [-0.1, -0.05) is 54.6 Å². The van der Waals surface area contributed by atoms with Crippen molar-refractivity contribution in [2.24, 2.45) is 11.3 Å². The molecule has 3 N–H and O–H groups in total. The van der Waals surface area contributed by atoms with Crippen molar-refractivity contribution < 1.29 is 24.2 Å². The van der Waals surface area contributed by atoms with Crippen LogP contribution in [0.5, 0.6) is 0 Å². The van der Waals surface area contributed by atoms with E-state index < -0.39 is 23.3 Å². The van der Waals surface area contributed by atoms with E-state index in [1.165, 1.54) is 12.4 Å². The van der Waals surface area contributed by atoms with Crippen LogP contribution in [-0.2, 0) is 14.3 Å². The van der Waals surface area contributed by atoms with Gasteiger partial charge in [0.05, 0.1) is 25.5 Å². The SMILES string of the molecule is O=C(Nc1ccc(C(C2CCOCC2)[C@H](NC2=C(Br)C(=O)C23CCCCC3)C(=O)O)cc1)c1c(Cl)cncc1Cl. The van der Waals surface area contributed by atoms with Crippen LogP contribution >= 0.6 is 39.1 Å². The van der Waals surface area contributed by atoms with Gasteiger partial charge in [-0.05, 0) is 65.2 Å². The van der Waals surface area contributed by atoms with Gasteiger partial charge in [0.25, 0.3) is 5.91 Å². The first-order valence-corrected chi connectivity index (χ1v) is 15.0. The molecule has 1 saturated carbocycles. The van der Waals surface area contributed by atoms with Crippen LogP contribution in [0.2, 0.25) is 10.0 Å². The largest absolute Gasteiger partial charge is 0.480 e. The number of ketones is 1. The van der Waals surface area contributed by atoms with Crippen LogP contribution in [0, 0.1) is 11.3 Å². The number of allylic oxidation sites excluding steroid dienone is 2. The van der Waals surface area contributed by atoms with E-state index in [-0.39, 0.29) is 33.2 Å². The van der Waals surface area contributed by atoms with Crippen LogP contribution in [-0.4, -0.2) is 47.0 Å². The van der Waals surface area contributed by atoms with Crippen LogP contribution in [0.4, 0.5) is 5.69 Å². The maximum atomic E-state index is 12.9. The Hall–Kier alpha value is -2.46. The zero-order valence-electron chi connectivity index (χ0n) is 21.7. The number of anilines is 1. The topological polar surface area (TPSA) is 118 Å². The number of carboxylic acids is 1. The number of amides is 1. The molecule has 1 amide bonds. The summed E-state index contributed by atoms with van der Waals surface area (Å²) < 4.78 is 6.04. The maximum Gasteiger partial charge on any atom is 0.326 e. The lowest BCUT2D eigenvalue weighted by molar-refractivity contribution is -0.141. The highest BCUT2D eigenvalue weighted by molar-refractivity contribution is 9.12. The third-order valence-electron chi connectivity index (χ3n) is 8.37. The average Bonchev–Trinajstić information content (AvgIpc) is 2.96. The number of halogens is 3. The highest BCUT2D eigenvalue weighted by atomic mass is 79.9. The summed E-state index contributed by atoms with van der Waals surface area (Å²) in [4.78, 5) is 42.5. The first-order valence-electron chi connectivity index (χ1n) is 13.5. The summed E-state index contributed by atoms with van der Waals surface area (Å²) in [6, 6.07) is 6.22. The van der Waals surface area contributed by atoms with Crippen molar-refractivity contribution in [1.82, 2.24) is 10.3 Å². The van der Waals surface area contributed by atoms with Gasteiger partial charge in [-0.25, -0.2) is 4.79 Å². The molecule has 2 atom stereocenters. The number of nitrogens with one attached hydrogen (secondary N) is 2. The zero-order chi connectivity index (χ0) is 28.4. The predicted molar refractivity (Wildman–Crippen MR) is 156 cm³/mol. The maximum absolute atomic E-state index is 12.9. The van der Waals surface area contributed by atoms with E-state index >= 15 is 0 Å². The molecule has 2 aliphatic carbocycles. The number of benzene rings is 1. The molecule has 1 unspecified atom stereocenters. The lowest BCUT2D eigenvalue weighted by Gasteiger charge is -2.47. The van der Waals surface area contributed by atoms with Crippen molar-refractivity contribution >= 4 is 62.5 Å². The van der Waals surface area contributed by atoms with E-state index in [0.717, 1.165) is 56.2 Å². The van der Waals surface area contributed by atoms with E-state index in [2.05, 4.69) is 31.5 Å². The number of pyridine rings is 1. The summed E-state index contributed by atoms with van der Waals surface area (Å²) in [6.07, 6.45) is 8.58. The summed E-state index contributed by atoms with van der Waals surface area (Å²) in [5, 5.41) is 16.9. The number of aliphatic carboxylic acids is 1. The van der Waals surface area contributed by atoms with E-state index in [0.29, 0.717) is 23.4 Å². The molecule has 1 aromatic heterocycles. The third kappa shape index (κ3) is 5.53. The first-order chi connectivity index (χ1) is 19.2.